The van der Waals surface area contributed by atoms with E-state index in [9.17, 15) is 14.7 Å². The van der Waals surface area contributed by atoms with Crippen LogP contribution in [0, 0.1) is 23.2 Å². The van der Waals surface area contributed by atoms with E-state index in [4.69, 9.17) is 16.3 Å². The van der Waals surface area contributed by atoms with E-state index in [1.807, 2.05) is 0 Å². The van der Waals surface area contributed by atoms with E-state index in [0.717, 1.165) is 6.42 Å². The van der Waals surface area contributed by atoms with E-state index in [0.29, 0.717) is 28.9 Å². The minimum absolute atomic E-state index is 0.0633. The van der Waals surface area contributed by atoms with E-state index in [1.165, 1.54) is 18.2 Å². The molecule has 0 aromatic carbocycles. The first kappa shape index (κ1) is 23.0. The molecule has 5 atom stereocenters. The Morgan fingerprint density at radius 1 is 1.47 bits per heavy atom. The van der Waals surface area contributed by atoms with Crippen molar-refractivity contribution in [3.8, 4) is 0 Å². The Balaban J connectivity index is 1.56. The van der Waals surface area contributed by atoms with Crippen LogP contribution in [-0.4, -0.2) is 53.2 Å². The number of aliphatic hydroxyl groups is 1. The third-order valence-electron chi connectivity index (χ3n) is 7.12. The summed E-state index contributed by atoms with van der Waals surface area (Å²) in [6, 6.07) is 0.278. The normalized spacial score (nSPS) is 27.8. The Kier molecular flexibility index (Phi) is 7.09. The summed E-state index contributed by atoms with van der Waals surface area (Å²) in [6.07, 6.45) is 3.22. The van der Waals surface area contributed by atoms with Gasteiger partial charge in [0.2, 0.25) is 5.91 Å². The maximum Gasteiger partial charge on any atom is 0.287 e. The number of hydrogen-bond donors (Lipinski definition) is 3. The van der Waals surface area contributed by atoms with Crippen molar-refractivity contribution < 1.29 is 14.6 Å². The summed E-state index contributed by atoms with van der Waals surface area (Å²) < 4.78 is 6.01. The number of carbonyl (C=O) groups excluding carboxylic acids is 1. The second kappa shape index (κ2) is 9.24. The molecule has 1 aromatic heterocycles. The standard InChI is InChI=1S/C21H33ClN4O4/c1-12-15-7-13(21(15,2)3)8-16(12)25-17-10-24-26(20(29)19(17)22)6-5-18(28)23-9-14(27)11-30-4/h10,12-16,25,27H,5-9,11H2,1-4H3,(H,23,28)/t12-,13+,14-,15+,16+/m0/s1. The van der Waals surface area contributed by atoms with Crippen LogP contribution in [0.5, 0.6) is 0 Å². The molecule has 4 rings (SSSR count). The zero-order chi connectivity index (χ0) is 22.1. The second-order valence-electron chi connectivity index (χ2n) is 9.27. The summed E-state index contributed by atoms with van der Waals surface area (Å²) in [4.78, 5) is 24.5. The molecule has 0 aliphatic heterocycles. The lowest BCUT2D eigenvalue weighted by Crippen LogP contribution is -2.58. The van der Waals surface area contributed by atoms with E-state index in [2.05, 4.69) is 36.5 Å². The maximum atomic E-state index is 12.6. The van der Waals surface area contributed by atoms with Gasteiger partial charge in [0.25, 0.3) is 5.56 Å². The van der Waals surface area contributed by atoms with Gasteiger partial charge in [0.1, 0.15) is 5.02 Å². The van der Waals surface area contributed by atoms with Crippen LogP contribution in [0.25, 0.3) is 0 Å². The number of ether oxygens (including phenoxy) is 1. The molecule has 0 unspecified atom stereocenters. The molecule has 3 aliphatic carbocycles. The molecule has 30 heavy (non-hydrogen) atoms. The number of hydrogen-bond acceptors (Lipinski definition) is 6. The molecule has 3 saturated carbocycles. The molecule has 3 aliphatic rings. The fourth-order valence-corrected chi connectivity index (χ4v) is 5.24. The van der Waals surface area contributed by atoms with Crippen molar-refractivity contribution in [1.29, 1.82) is 0 Å². The summed E-state index contributed by atoms with van der Waals surface area (Å²) in [5.74, 6) is 1.60. The molecular weight excluding hydrogens is 408 g/mol. The predicted octanol–water partition coefficient (Wildman–Crippen LogP) is 1.89. The highest BCUT2D eigenvalue weighted by Crippen LogP contribution is 2.61. The van der Waals surface area contributed by atoms with Crippen LogP contribution in [-0.2, 0) is 16.1 Å². The Hall–Kier alpha value is -1.64. The Morgan fingerprint density at radius 2 is 2.20 bits per heavy atom. The van der Waals surface area contributed by atoms with Crippen molar-refractivity contribution in [2.75, 3.05) is 25.6 Å². The molecule has 2 bridgehead atoms. The van der Waals surface area contributed by atoms with Gasteiger partial charge in [0.15, 0.2) is 0 Å². The van der Waals surface area contributed by atoms with E-state index in [-0.39, 0.29) is 43.1 Å². The minimum Gasteiger partial charge on any atom is -0.389 e. The number of aromatic nitrogens is 2. The van der Waals surface area contributed by atoms with Gasteiger partial charge in [-0.25, -0.2) is 4.68 Å². The third-order valence-corrected chi connectivity index (χ3v) is 7.49. The van der Waals surface area contributed by atoms with Crippen LogP contribution in [0.15, 0.2) is 11.0 Å². The van der Waals surface area contributed by atoms with E-state index >= 15 is 0 Å². The molecule has 1 aromatic rings. The summed E-state index contributed by atoms with van der Waals surface area (Å²) >= 11 is 6.34. The first-order chi connectivity index (χ1) is 14.1. The smallest absolute Gasteiger partial charge is 0.287 e. The average Bonchev–Trinajstić information content (AvgIpc) is 2.70. The number of methoxy groups -OCH3 is 1. The third kappa shape index (κ3) is 4.65. The van der Waals surface area contributed by atoms with Gasteiger partial charge in [-0.2, -0.15) is 5.10 Å². The topological polar surface area (TPSA) is 105 Å². The number of fused-ring (bicyclic) bond motifs is 2. The van der Waals surface area contributed by atoms with Gasteiger partial charge < -0.3 is 20.5 Å². The van der Waals surface area contributed by atoms with Crippen molar-refractivity contribution in [2.45, 2.75) is 58.7 Å². The first-order valence-electron chi connectivity index (χ1n) is 10.6. The number of anilines is 1. The monoisotopic (exact) mass is 440 g/mol. The number of carbonyl (C=O) groups is 1. The molecule has 8 nitrogen and oxygen atoms in total. The Bertz CT molecular complexity index is 828. The lowest BCUT2D eigenvalue weighted by molar-refractivity contribution is -0.122. The number of aliphatic hydroxyl groups excluding tert-OH is 1. The number of halogens is 1. The van der Waals surface area contributed by atoms with Crippen LogP contribution in [0.1, 0.15) is 40.0 Å². The number of nitrogens with zero attached hydrogens (tertiary/aromatic N) is 2. The lowest BCUT2D eigenvalue weighted by atomic mass is 9.45. The van der Waals surface area contributed by atoms with Crippen molar-refractivity contribution in [2.24, 2.45) is 23.2 Å². The number of nitrogens with one attached hydrogen (secondary N) is 2. The molecule has 1 amide bonds. The average molecular weight is 441 g/mol. The summed E-state index contributed by atoms with van der Waals surface area (Å²) in [7, 11) is 1.48. The van der Waals surface area contributed by atoms with Crippen molar-refractivity contribution in [3.63, 3.8) is 0 Å². The molecule has 3 fully saturated rings. The molecule has 0 saturated heterocycles. The highest BCUT2D eigenvalue weighted by Gasteiger charge is 2.56. The number of amides is 1. The van der Waals surface area contributed by atoms with Gasteiger partial charge in [0.05, 0.1) is 31.1 Å². The predicted molar refractivity (Wildman–Crippen MR) is 116 cm³/mol. The summed E-state index contributed by atoms with van der Waals surface area (Å²) in [5, 5.41) is 19.9. The van der Waals surface area contributed by atoms with Gasteiger partial charge in [0, 0.05) is 26.1 Å². The van der Waals surface area contributed by atoms with Crippen LogP contribution in [0.4, 0.5) is 5.69 Å². The lowest BCUT2D eigenvalue weighted by Gasteiger charge is -2.62. The van der Waals surface area contributed by atoms with Crippen LogP contribution in [0.3, 0.4) is 0 Å². The minimum atomic E-state index is -0.765. The molecule has 3 N–H and O–H groups in total. The highest BCUT2D eigenvalue weighted by molar-refractivity contribution is 6.32. The zero-order valence-corrected chi connectivity index (χ0v) is 18.9. The number of rotatable bonds is 9. The Labute approximate surface area is 182 Å². The molecule has 0 spiro atoms. The quantitative estimate of drug-likeness (QED) is 0.541. The van der Waals surface area contributed by atoms with Gasteiger partial charge in [-0.3, -0.25) is 9.59 Å². The van der Waals surface area contributed by atoms with Gasteiger partial charge in [-0.15, -0.1) is 0 Å². The van der Waals surface area contributed by atoms with Crippen LogP contribution >= 0.6 is 11.6 Å². The summed E-state index contributed by atoms with van der Waals surface area (Å²) in [5.41, 5.74) is 0.535. The maximum absolute atomic E-state index is 12.6. The fourth-order valence-electron chi connectivity index (χ4n) is 5.04. The van der Waals surface area contributed by atoms with Crippen LogP contribution < -0.4 is 16.2 Å². The second-order valence-corrected chi connectivity index (χ2v) is 9.65. The van der Waals surface area contributed by atoms with Gasteiger partial charge >= 0.3 is 0 Å². The van der Waals surface area contributed by atoms with Crippen molar-refractivity contribution in [3.05, 3.63) is 21.6 Å². The fraction of sp³-hybridized carbons (Fsp3) is 0.762. The van der Waals surface area contributed by atoms with Gasteiger partial charge in [-0.05, 0) is 36.0 Å². The Morgan fingerprint density at radius 3 is 2.83 bits per heavy atom. The van der Waals surface area contributed by atoms with Crippen molar-refractivity contribution >= 4 is 23.2 Å². The largest absolute Gasteiger partial charge is 0.389 e. The summed E-state index contributed by atoms with van der Waals surface area (Å²) in [6.45, 7) is 7.32. The van der Waals surface area contributed by atoms with E-state index < -0.39 is 11.7 Å². The van der Waals surface area contributed by atoms with E-state index in [1.54, 1.807) is 6.20 Å². The molecular formula is C21H33ClN4O4. The van der Waals surface area contributed by atoms with Crippen LogP contribution in [0.2, 0.25) is 5.02 Å². The first-order valence-corrected chi connectivity index (χ1v) is 11.0. The number of aryl methyl sites for hydroxylation is 1. The molecule has 9 heteroatoms. The molecule has 1 heterocycles. The molecule has 168 valence electrons. The zero-order valence-electron chi connectivity index (χ0n) is 18.2. The van der Waals surface area contributed by atoms with Gasteiger partial charge in [-0.1, -0.05) is 32.4 Å². The highest BCUT2D eigenvalue weighted by atomic mass is 35.5. The van der Waals surface area contributed by atoms with Crippen molar-refractivity contribution in [1.82, 2.24) is 15.1 Å². The SMILES string of the molecule is COC[C@@H](O)CNC(=O)CCn1ncc(N[C@@H]2C[C@H]3C[C@H]([C@@H]2C)C3(C)C)c(Cl)c1=O. The molecule has 0 radical (unpaired) electrons.